The lowest BCUT2D eigenvalue weighted by molar-refractivity contribution is -0.134. The van der Waals surface area contributed by atoms with Crippen molar-refractivity contribution in [3.05, 3.63) is 83.9 Å². The maximum absolute atomic E-state index is 13.3. The number of fused-ring (bicyclic) bond motifs is 1. The van der Waals surface area contributed by atoms with Gasteiger partial charge in [-0.3, -0.25) is 14.5 Å². The van der Waals surface area contributed by atoms with Gasteiger partial charge in [-0.25, -0.2) is 4.79 Å². The number of ether oxygens (including phenoxy) is 2. The first-order valence-electron chi connectivity index (χ1n) is 12.6. The van der Waals surface area contributed by atoms with Gasteiger partial charge in [-0.15, -0.1) is 0 Å². The highest BCUT2D eigenvalue weighted by molar-refractivity contribution is 5.88. The van der Waals surface area contributed by atoms with Crippen LogP contribution in [0.5, 0.6) is 11.5 Å². The molecule has 0 unspecified atom stereocenters. The van der Waals surface area contributed by atoms with E-state index in [-0.39, 0.29) is 25.3 Å². The summed E-state index contributed by atoms with van der Waals surface area (Å²) in [5.41, 5.74) is 2.72. The first-order valence-corrected chi connectivity index (χ1v) is 12.6. The number of phenolic OH excluding ortho intramolecular Hbond substituents is 1. The van der Waals surface area contributed by atoms with Gasteiger partial charge in [-0.1, -0.05) is 48.5 Å². The van der Waals surface area contributed by atoms with Crippen molar-refractivity contribution in [1.29, 1.82) is 0 Å². The van der Waals surface area contributed by atoms with E-state index in [4.69, 9.17) is 9.47 Å². The van der Waals surface area contributed by atoms with Gasteiger partial charge in [0.25, 0.3) is 0 Å². The summed E-state index contributed by atoms with van der Waals surface area (Å²) in [6, 6.07) is 20.9. The topological polar surface area (TPSA) is 105 Å². The molecule has 2 amide bonds. The van der Waals surface area contributed by atoms with E-state index in [1.54, 1.807) is 45.0 Å². The van der Waals surface area contributed by atoms with Crippen molar-refractivity contribution < 1.29 is 29.0 Å². The third-order valence-corrected chi connectivity index (χ3v) is 6.06. The summed E-state index contributed by atoms with van der Waals surface area (Å²) < 4.78 is 10.9. The van der Waals surface area contributed by atoms with E-state index in [0.29, 0.717) is 17.7 Å². The van der Waals surface area contributed by atoms with Crippen LogP contribution in [0, 0.1) is 0 Å². The average molecular weight is 517 g/mol. The molecule has 38 heavy (non-hydrogen) atoms. The standard InChI is InChI=1S/C30H32N2O6/c1-30(2,3)38-29(36)32-18-16-22-9-12-23(33)19-25(22)27(32)28(35)31-17-15-26(34)37-24-13-10-21(11-14-24)20-7-5-4-6-8-20/h4-14,19,27,33H,15-18H2,1-3H3,(H,31,35)/t27-/m0/s1. The Morgan fingerprint density at radius 2 is 1.66 bits per heavy atom. The Labute approximate surface area is 222 Å². The number of nitrogens with one attached hydrogen (secondary N) is 1. The molecule has 0 saturated carbocycles. The normalized spacial score (nSPS) is 14.8. The van der Waals surface area contributed by atoms with Gasteiger partial charge < -0.3 is 19.9 Å². The Morgan fingerprint density at radius 3 is 2.34 bits per heavy atom. The summed E-state index contributed by atoms with van der Waals surface area (Å²) in [6.07, 6.45) is -0.156. The molecule has 3 aromatic rings. The fourth-order valence-corrected chi connectivity index (χ4v) is 4.32. The summed E-state index contributed by atoms with van der Waals surface area (Å²) in [5.74, 6) is -0.561. The van der Waals surface area contributed by atoms with Crippen molar-refractivity contribution >= 4 is 18.0 Å². The number of phenols is 1. The Hall–Kier alpha value is -4.33. The summed E-state index contributed by atoms with van der Waals surface area (Å²) in [6.45, 7) is 5.57. The Morgan fingerprint density at radius 1 is 0.974 bits per heavy atom. The van der Waals surface area contributed by atoms with Crippen LogP contribution < -0.4 is 10.1 Å². The molecule has 8 heteroatoms. The molecule has 3 aromatic carbocycles. The van der Waals surface area contributed by atoms with Crippen LogP contribution in [0.1, 0.15) is 44.4 Å². The molecule has 0 aromatic heterocycles. The molecule has 0 aliphatic carbocycles. The number of nitrogens with zero attached hydrogens (tertiary/aromatic N) is 1. The molecule has 0 spiro atoms. The maximum atomic E-state index is 13.3. The van der Waals surface area contributed by atoms with Crippen LogP contribution >= 0.6 is 0 Å². The number of esters is 1. The quantitative estimate of drug-likeness (QED) is 0.353. The number of carbonyl (C=O) groups is 3. The Balaban J connectivity index is 1.38. The molecular weight excluding hydrogens is 484 g/mol. The minimum atomic E-state index is -0.998. The number of carbonyl (C=O) groups excluding carboxylic acids is 3. The minimum Gasteiger partial charge on any atom is -0.508 e. The molecule has 0 radical (unpaired) electrons. The van der Waals surface area contributed by atoms with Crippen LogP contribution in [0.4, 0.5) is 4.79 Å². The first kappa shape index (κ1) is 26.7. The van der Waals surface area contributed by atoms with Crippen LogP contribution in [-0.4, -0.2) is 46.7 Å². The highest BCUT2D eigenvalue weighted by atomic mass is 16.6. The zero-order valence-electron chi connectivity index (χ0n) is 21.8. The van der Waals surface area contributed by atoms with Crippen LogP contribution in [0.15, 0.2) is 72.8 Å². The number of amides is 2. The van der Waals surface area contributed by atoms with Crippen molar-refractivity contribution in [3.8, 4) is 22.6 Å². The number of benzene rings is 3. The molecule has 0 fully saturated rings. The largest absolute Gasteiger partial charge is 0.508 e. The Bertz CT molecular complexity index is 1300. The zero-order chi connectivity index (χ0) is 27.3. The smallest absolute Gasteiger partial charge is 0.411 e. The van der Waals surface area contributed by atoms with E-state index in [2.05, 4.69) is 5.32 Å². The predicted molar refractivity (Wildman–Crippen MR) is 143 cm³/mol. The monoisotopic (exact) mass is 516 g/mol. The van der Waals surface area contributed by atoms with Crippen molar-refractivity contribution in [1.82, 2.24) is 10.2 Å². The SMILES string of the molecule is CC(C)(C)OC(=O)N1CCc2ccc(O)cc2[C@H]1C(=O)NCCC(=O)Oc1ccc(-c2ccccc2)cc1. The highest BCUT2D eigenvalue weighted by Crippen LogP contribution is 2.33. The number of hydrogen-bond donors (Lipinski definition) is 2. The van der Waals surface area contributed by atoms with Gasteiger partial charge in [0.15, 0.2) is 0 Å². The van der Waals surface area contributed by atoms with Crippen LogP contribution in [0.2, 0.25) is 0 Å². The van der Waals surface area contributed by atoms with Crippen molar-refractivity contribution in [2.24, 2.45) is 0 Å². The third-order valence-electron chi connectivity index (χ3n) is 6.06. The minimum absolute atomic E-state index is 0.00514. The van der Waals surface area contributed by atoms with Crippen LogP contribution in [0.25, 0.3) is 11.1 Å². The van der Waals surface area contributed by atoms with E-state index in [0.717, 1.165) is 16.7 Å². The van der Waals surface area contributed by atoms with E-state index in [1.807, 2.05) is 42.5 Å². The van der Waals surface area contributed by atoms with E-state index in [9.17, 15) is 19.5 Å². The lowest BCUT2D eigenvalue weighted by Gasteiger charge is -2.37. The number of aromatic hydroxyl groups is 1. The molecule has 1 aliphatic rings. The predicted octanol–water partition coefficient (Wildman–Crippen LogP) is 5.01. The third kappa shape index (κ3) is 6.70. The van der Waals surface area contributed by atoms with Gasteiger partial charge in [-0.2, -0.15) is 0 Å². The van der Waals surface area contributed by atoms with Crippen molar-refractivity contribution in [2.75, 3.05) is 13.1 Å². The molecule has 4 rings (SSSR count). The average Bonchev–Trinajstić information content (AvgIpc) is 2.87. The molecule has 1 aliphatic heterocycles. The molecule has 198 valence electrons. The molecule has 1 heterocycles. The number of hydrogen-bond acceptors (Lipinski definition) is 6. The molecule has 1 atom stereocenters. The van der Waals surface area contributed by atoms with Gasteiger partial charge in [0.05, 0.1) is 6.42 Å². The van der Waals surface area contributed by atoms with E-state index < -0.39 is 29.6 Å². The van der Waals surface area contributed by atoms with Gasteiger partial charge in [-0.05, 0) is 73.7 Å². The second kappa shape index (κ2) is 11.4. The fourth-order valence-electron chi connectivity index (χ4n) is 4.32. The molecular formula is C30H32N2O6. The van der Waals surface area contributed by atoms with Gasteiger partial charge in [0, 0.05) is 13.1 Å². The maximum Gasteiger partial charge on any atom is 0.411 e. The summed E-state index contributed by atoms with van der Waals surface area (Å²) in [5, 5.41) is 12.8. The van der Waals surface area contributed by atoms with Gasteiger partial charge in [0.1, 0.15) is 23.1 Å². The molecule has 0 bridgehead atoms. The summed E-state index contributed by atoms with van der Waals surface area (Å²) >= 11 is 0. The summed E-state index contributed by atoms with van der Waals surface area (Å²) in [7, 11) is 0. The second-order valence-corrected chi connectivity index (χ2v) is 10.1. The first-order chi connectivity index (χ1) is 18.1. The number of rotatable bonds is 6. The van der Waals surface area contributed by atoms with E-state index >= 15 is 0 Å². The molecule has 2 N–H and O–H groups in total. The van der Waals surface area contributed by atoms with Crippen LogP contribution in [0.3, 0.4) is 0 Å². The highest BCUT2D eigenvalue weighted by Gasteiger charge is 2.38. The second-order valence-electron chi connectivity index (χ2n) is 10.1. The summed E-state index contributed by atoms with van der Waals surface area (Å²) in [4.78, 5) is 39.9. The lowest BCUT2D eigenvalue weighted by atomic mass is 9.92. The lowest BCUT2D eigenvalue weighted by Crippen LogP contribution is -2.49. The van der Waals surface area contributed by atoms with Crippen molar-refractivity contribution in [2.45, 2.75) is 45.3 Å². The zero-order valence-corrected chi connectivity index (χ0v) is 21.8. The Kier molecular flexibility index (Phi) is 8.00. The molecule has 8 nitrogen and oxygen atoms in total. The fraction of sp³-hybridized carbons (Fsp3) is 0.300. The van der Waals surface area contributed by atoms with E-state index in [1.165, 1.54) is 11.0 Å². The van der Waals surface area contributed by atoms with Crippen LogP contribution in [-0.2, 0) is 20.7 Å². The van der Waals surface area contributed by atoms with Gasteiger partial charge in [0.2, 0.25) is 5.91 Å². The molecule has 0 saturated heterocycles. The van der Waals surface area contributed by atoms with Gasteiger partial charge >= 0.3 is 12.1 Å². The van der Waals surface area contributed by atoms with Crippen molar-refractivity contribution in [3.63, 3.8) is 0 Å².